The average Bonchev–Trinajstić information content (AvgIpc) is 3.27. The summed E-state index contributed by atoms with van der Waals surface area (Å²) in [7, 11) is -3.59. The zero-order valence-electron chi connectivity index (χ0n) is 19.9. The van der Waals surface area contributed by atoms with Crippen molar-refractivity contribution in [3.8, 4) is 0 Å². The highest BCUT2D eigenvalue weighted by Gasteiger charge is 2.22. The SMILES string of the molecule is CCN(CC)S(=O)(=O)c1ccc(C(=O)Nc2nnc(SCC(=O)Nc3ccc(C)cc3C)s2)cc1. The number of carbonyl (C=O) groups excluding carboxylic acids is 2. The Morgan fingerprint density at radius 1 is 1.00 bits per heavy atom. The molecule has 3 aromatic rings. The summed E-state index contributed by atoms with van der Waals surface area (Å²) in [6.07, 6.45) is 0. The molecule has 0 fully saturated rings. The van der Waals surface area contributed by atoms with Crippen molar-refractivity contribution in [3.63, 3.8) is 0 Å². The Morgan fingerprint density at radius 2 is 1.69 bits per heavy atom. The molecule has 35 heavy (non-hydrogen) atoms. The van der Waals surface area contributed by atoms with Crippen molar-refractivity contribution in [2.75, 3.05) is 29.5 Å². The van der Waals surface area contributed by atoms with E-state index in [1.54, 1.807) is 13.8 Å². The quantitative estimate of drug-likeness (QED) is 0.296. The summed E-state index contributed by atoms with van der Waals surface area (Å²) in [6, 6.07) is 11.6. The minimum absolute atomic E-state index is 0.131. The molecule has 2 aromatic carbocycles. The first kappa shape index (κ1) is 26.8. The van der Waals surface area contributed by atoms with E-state index in [4.69, 9.17) is 0 Å². The first-order valence-electron chi connectivity index (χ1n) is 10.9. The zero-order valence-corrected chi connectivity index (χ0v) is 22.3. The van der Waals surface area contributed by atoms with Crippen LogP contribution in [0.5, 0.6) is 0 Å². The summed E-state index contributed by atoms with van der Waals surface area (Å²) in [5.74, 6) is -0.446. The number of hydrogen-bond donors (Lipinski definition) is 2. The van der Waals surface area contributed by atoms with Gasteiger partial charge in [0, 0.05) is 24.3 Å². The Bertz CT molecular complexity index is 1300. The van der Waals surface area contributed by atoms with E-state index in [2.05, 4.69) is 20.8 Å². The maximum Gasteiger partial charge on any atom is 0.257 e. The Balaban J connectivity index is 1.55. The normalized spacial score (nSPS) is 11.5. The van der Waals surface area contributed by atoms with Gasteiger partial charge in [-0.3, -0.25) is 14.9 Å². The molecule has 0 aliphatic rings. The van der Waals surface area contributed by atoms with Crippen LogP contribution in [0.3, 0.4) is 0 Å². The van der Waals surface area contributed by atoms with Crippen LogP contribution in [0, 0.1) is 13.8 Å². The number of amides is 2. The molecule has 12 heteroatoms. The van der Waals surface area contributed by atoms with Crippen LogP contribution in [0.15, 0.2) is 51.7 Å². The molecule has 0 unspecified atom stereocenters. The lowest BCUT2D eigenvalue weighted by atomic mass is 10.1. The fourth-order valence-electron chi connectivity index (χ4n) is 3.25. The fraction of sp³-hybridized carbons (Fsp3) is 0.304. The van der Waals surface area contributed by atoms with Gasteiger partial charge in [0.1, 0.15) is 0 Å². The molecule has 1 aromatic heterocycles. The molecule has 0 bridgehead atoms. The molecule has 0 saturated carbocycles. The maximum atomic E-state index is 12.6. The molecule has 0 aliphatic heterocycles. The zero-order chi connectivity index (χ0) is 25.6. The molecule has 9 nitrogen and oxygen atoms in total. The summed E-state index contributed by atoms with van der Waals surface area (Å²) in [4.78, 5) is 25.0. The molecule has 1 heterocycles. The van der Waals surface area contributed by atoms with E-state index in [-0.39, 0.29) is 21.7 Å². The summed E-state index contributed by atoms with van der Waals surface area (Å²) in [5, 5.41) is 13.8. The number of nitrogens with zero attached hydrogens (tertiary/aromatic N) is 3. The molecule has 0 radical (unpaired) electrons. The topological polar surface area (TPSA) is 121 Å². The van der Waals surface area contributed by atoms with Crippen LogP contribution in [0.1, 0.15) is 35.3 Å². The summed E-state index contributed by atoms with van der Waals surface area (Å²) < 4.78 is 27.1. The van der Waals surface area contributed by atoms with E-state index in [9.17, 15) is 18.0 Å². The van der Waals surface area contributed by atoms with Crippen LogP contribution >= 0.6 is 23.1 Å². The first-order chi connectivity index (χ1) is 16.6. The van der Waals surface area contributed by atoms with E-state index >= 15 is 0 Å². The molecule has 0 aliphatic carbocycles. The van der Waals surface area contributed by atoms with Gasteiger partial charge in [-0.2, -0.15) is 4.31 Å². The molecular weight excluding hydrogens is 506 g/mol. The number of carbonyl (C=O) groups is 2. The Hall–Kier alpha value is -2.80. The highest BCUT2D eigenvalue weighted by atomic mass is 32.2. The first-order valence-corrected chi connectivity index (χ1v) is 14.1. The monoisotopic (exact) mass is 533 g/mol. The second-order valence-corrected chi connectivity index (χ2v) is 11.7. The largest absolute Gasteiger partial charge is 0.325 e. The Morgan fingerprint density at radius 3 is 2.31 bits per heavy atom. The van der Waals surface area contributed by atoms with Gasteiger partial charge in [0.05, 0.1) is 10.6 Å². The maximum absolute atomic E-state index is 12.6. The second kappa shape index (κ2) is 11.8. The third kappa shape index (κ3) is 6.88. The minimum atomic E-state index is -3.59. The molecule has 186 valence electrons. The lowest BCUT2D eigenvalue weighted by molar-refractivity contribution is -0.113. The molecule has 2 N–H and O–H groups in total. The standard InChI is InChI=1S/C23H27N5O4S3/c1-5-28(6-2)35(31,32)18-10-8-17(9-11-18)21(30)25-22-26-27-23(34-22)33-14-20(29)24-19-12-7-15(3)13-16(19)4/h7-13H,5-6,14H2,1-4H3,(H,24,29)(H,25,26,30). The molecular formula is C23H27N5O4S3. The predicted molar refractivity (Wildman–Crippen MR) is 140 cm³/mol. The van der Waals surface area contributed by atoms with Crippen LogP contribution in [-0.2, 0) is 14.8 Å². The van der Waals surface area contributed by atoms with Gasteiger partial charge in [-0.1, -0.05) is 54.6 Å². The lowest BCUT2D eigenvalue weighted by Gasteiger charge is -2.18. The van der Waals surface area contributed by atoms with Gasteiger partial charge in [0.25, 0.3) is 5.91 Å². The van der Waals surface area contributed by atoms with Gasteiger partial charge in [-0.25, -0.2) is 8.42 Å². The van der Waals surface area contributed by atoms with Crippen molar-refractivity contribution in [2.45, 2.75) is 36.9 Å². The molecule has 0 saturated heterocycles. The van der Waals surface area contributed by atoms with Crippen LogP contribution in [-0.4, -0.2) is 53.6 Å². The Labute approximate surface area is 213 Å². The number of rotatable bonds is 10. The van der Waals surface area contributed by atoms with Gasteiger partial charge in [0.2, 0.25) is 21.1 Å². The highest BCUT2D eigenvalue weighted by Crippen LogP contribution is 2.26. The minimum Gasteiger partial charge on any atom is -0.325 e. The number of sulfonamides is 1. The third-order valence-corrected chi connectivity index (χ3v) is 9.11. The van der Waals surface area contributed by atoms with E-state index in [0.29, 0.717) is 23.0 Å². The number of nitrogens with one attached hydrogen (secondary N) is 2. The van der Waals surface area contributed by atoms with E-state index < -0.39 is 15.9 Å². The molecule has 2 amide bonds. The number of hydrogen-bond acceptors (Lipinski definition) is 8. The van der Waals surface area contributed by atoms with Gasteiger partial charge in [0.15, 0.2) is 4.34 Å². The summed E-state index contributed by atoms with van der Waals surface area (Å²) in [5.41, 5.74) is 3.17. The molecule has 3 rings (SSSR count). The molecule has 0 atom stereocenters. The van der Waals surface area contributed by atoms with Crippen molar-refractivity contribution in [1.82, 2.24) is 14.5 Å². The summed E-state index contributed by atoms with van der Waals surface area (Å²) in [6.45, 7) is 8.21. The second-order valence-electron chi connectivity index (χ2n) is 7.60. The number of aromatic nitrogens is 2. The van der Waals surface area contributed by atoms with Crippen LogP contribution in [0.2, 0.25) is 0 Å². The number of aryl methyl sites for hydroxylation is 2. The summed E-state index contributed by atoms with van der Waals surface area (Å²) >= 11 is 2.38. The van der Waals surface area contributed by atoms with Gasteiger partial charge < -0.3 is 5.32 Å². The van der Waals surface area contributed by atoms with E-state index in [1.165, 1.54) is 40.3 Å². The van der Waals surface area contributed by atoms with Gasteiger partial charge >= 0.3 is 0 Å². The van der Waals surface area contributed by atoms with Crippen molar-refractivity contribution in [3.05, 3.63) is 59.2 Å². The van der Waals surface area contributed by atoms with Gasteiger partial charge in [-0.15, -0.1) is 10.2 Å². The Kier molecular flexibility index (Phi) is 9.00. The highest BCUT2D eigenvalue weighted by molar-refractivity contribution is 8.01. The average molecular weight is 534 g/mol. The number of thioether (sulfide) groups is 1. The molecule has 0 spiro atoms. The fourth-order valence-corrected chi connectivity index (χ4v) is 6.25. The van der Waals surface area contributed by atoms with Crippen molar-refractivity contribution < 1.29 is 18.0 Å². The number of anilines is 2. The van der Waals surface area contributed by atoms with Crippen molar-refractivity contribution in [2.24, 2.45) is 0 Å². The third-order valence-electron chi connectivity index (χ3n) is 5.07. The smallest absolute Gasteiger partial charge is 0.257 e. The van der Waals surface area contributed by atoms with Crippen LogP contribution in [0.4, 0.5) is 10.8 Å². The van der Waals surface area contributed by atoms with Crippen LogP contribution in [0.25, 0.3) is 0 Å². The van der Waals surface area contributed by atoms with Crippen LogP contribution < -0.4 is 10.6 Å². The van der Waals surface area contributed by atoms with E-state index in [0.717, 1.165) is 28.2 Å². The predicted octanol–water partition coefficient (Wildman–Crippen LogP) is 4.17. The van der Waals surface area contributed by atoms with E-state index in [1.807, 2.05) is 32.0 Å². The van der Waals surface area contributed by atoms with Crippen molar-refractivity contribution >= 4 is 55.8 Å². The lowest BCUT2D eigenvalue weighted by Crippen LogP contribution is -2.30. The van der Waals surface area contributed by atoms with Gasteiger partial charge in [-0.05, 0) is 49.7 Å². The van der Waals surface area contributed by atoms with Crippen molar-refractivity contribution in [1.29, 1.82) is 0 Å². The number of benzene rings is 2.